The number of benzene rings is 2. The molecule has 2 aromatic carbocycles. The van der Waals surface area contributed by atoms with Gasteiger partial charge in [-0.1, -0.05) is 18.2 Å². The minimum absolute atomic E-state index is 0.0889. The Balaban J connectivity index is 1.96. The molecule has 0 bridgehead atoms. The highest BCUT2D eigenvalue weighted by Crippen LogP contribution is 2.19. The first kappa shape index (κ1) is 13.4. The zero-order chi connectivity index (χ0) is 14.8. The highest BCUT2D eigenvalue weighted by Gasteiger charge is 2.11. The maximum absolute atomic E-state index is 13.4. The third-order valence-electron chi connectivity index (χ3n) is 3.45. The molecule has 0 spiro atoms. The SMILES string of the molecule is Cc1cc(F)cc(C(=O)Cc2ccnc3ccccc23)c1. The predicted molar refractivity (Wildman–Crippen MR) is 80.9 cm³/mol. The Bertz CT molecular complexity index is 801. The molecule has 104 valence electrons. The second-order valence-electron chi connectivity index (χ2n) is 5.10. The average Bonchev–Trinajstić information content (AvgIpc) is 2.46. The lowest BCUT2D eigenvalue weighted by Gasteiger charge is -2.06. The van der Waals surface area contributed by atoms with Gasteiger partial charge in [0.1, 0.15) is 5.82 Å². The lowest BCUT2D eigenvalue weighted by Crippen LogP contribution is -2.05. The van der Waals surface area contributed by atoms with E-state index in [1.807, 2.05) is 30.3 Å². The first-order valence-electron chi connectivity index (χ1n) is 6.76. The van der Waals surface area contributed by atoms with Crippen LogP contribution in [0.5, 0.6) is 0 Å². The van der Waals surface area contributed by atoms with E-state index in [1.54, 1.807) is 19.2 Å². The quantitative estimate of drug-likeness (QED) is 0.675. The van der Waals surface area contributed by atoms with E-state index in [0.717, 1.165) is 22.0 Å². The van der Waals surface area contributed by atoms with E-state index in [0.29, 0.717) is 5.56 Å². The first-order valence-corrected chi connectivity index (χ1v) is 6.76. The zero-order valence-corrected chi connectivity index (χ0v) is 11.6. The molecule has 1 heterocycles. The van der Waals surface area contributed by atoms with Gasteiger partial charge in [0.15, 0.2) is 5.78 Å². The molecule has 0 atom stereocenters. The molecule has 0 N–H and O–H groups in total. The van der Waals surface area contributed by atoms with Gasteiger partial charge in [0.25, 0.3) is 0 Å². The largest absolute Gasteiger partial charge is 0.294 e. The molecule has 0 radical (unpaired) electrons. The minimum Gasteiger partial charge on any atom is -0.294 e. The molecule has 21 heavy (non-hydrogen) atoms. The molecular weight excluding hydrogens is 265 g/mol. The Morgan fingerprint density at radius 1 is 1.14 bits per heavy atom. The number of hydrogen-bond donors (Lipinski definition) is 0. The van der Waals surface area contributed by atoms with Crippen LogP contribution < -0.4 is 0 Å². The highest BCUT2D eigenvalue weighted by molar-refractivity contribution is 5.99. The summed E-state index contributed by atoms with van der Waals surface area (Å²) in [6.45, 7) is 1.78. The molecule has 0 fully saturated rings. The van der Waals surface area contributed by atoms with E-state index in [2.05, 4.69) is 4.98 Å². The lowest BCUT2D eigenvalue weighted by atomic mass is 9.99. The molecular formula is C18H14FNO. The van der Waals surface area contributed by atoms with Crippen LogP contribution in [0.1, 0.15) is 21.5 Å². The van der Waals surface area contributed by atoms with Crippen LogP contribution in [0.4, 0.5) is 4.39 Å². The molecule has 0 unspecified atom stereocenters. The number of para-hydroxylation sites is 1. The maximum atomic E-state index is 13.4. The van der Waals surface area contributed by atoms with Gasteiger partial charge >= 0.3 is 0 Å². The monoisotopic (exact) mass is 279 g/mol. The summed E-state index contributed by atoms with van der Waals surface area (Å²) in [5.41, 5.74) is 2.93. The van der Waals surface area contributed by atoms with Crippen molar-refractivity contribution in [1.82, 2.24) is 4.98 Å². The van der Waals surface area contributed by atoms with Crippen molar-refractivity contribution in [3.63, 3.8) is 0 Å². The van der Waals surface area contributed by atoms with Crippen LogP contribution in [-0.4, -0.2) is 10.8 Å². The van der Waals surface area contributed by atoms with Gasteiger partial charge in [-0.3, -0.25) is 9.78 Å². The van der Waals surface area contributed by atoms with Crippen LogP contribution in [0, 0.1) is 12.7 Å². The number of rotatable bonds is 3. The normalized spacial score (nSPS) is 10.8. The number of carbonyl (C=O) groups excluding carboxylic acids is 1. The number of ketones is 1. The highest BCUT2D eigenvalue weighted by atomic mass is 19.1. The third kappa shape index (κ3) is 2.82. The van der Waals surface area contributed by atoms with Crippen molar-refractivity contribution in [3.05, 3.63) is 77.2 Å². The van der Waals surface area contributed by atoms with E-state index in [4.69, 9.17) is 0 Å². The Morgan fingerprint density at radius 3 is 2.76 bits per heavy atom. The summed E-state index contributed by atoms with van der Waals surface area (Å²) in [5.74, 6) is -0.466. The van der Waals surface area contributed by atoms with Crippen LogP contribution >= 0.6 is 0 Å². The number of aromatic nitrogens is 1. The van der Waals surface area contributed by atoms with Gasteiger partial charge in [0.2, 0.25) is 0 Å². The molecule has 0 aliphatic rings. The van der Waals surface area contributed by atoms with Gasteiger partial charge in [-0.2, -0.15) is 0 Å². The molecule has 0 aliphatic heterocycles. The predicted octanol–water partition coefficient (Wildman–Crippen LogP) is 4.11. The number of pyridine rings is 1. The number of fused-ring (bicyclic) bond motifs is 1. The van der Waals surface area contributed by atoms with Crippen molar-refractivity contribution in [2.45, 2.75) is 13.3 Å². The molecule has 2 nitrogen and oxygen atoms in total. The van der Waals surface area contributed by atoms with Crippen LogP contribution in [0.2, 0.25) is 0 Å². The van der Waals surface area contributed by atoms with Gasteiger partial charge in [-0.05, 0) is 48.4 Å². The van der Waals surface area contributed by atoms with Crippen molar-refractivity contribution in [3.8, 4) is 0 Å². The Kier molecular flexibility index (Phi) is 3.48. The molecule has 0 saturated carbocycles. The summed E-state index contributed by atoms with van der Waals surface area (Å²) in [6, 6.07) is 14.0. The average molecular weight is 279 g/mol. The molecule has 3 heteroatoms. The van der Waals surface area contributed by atoms with Gasteiger partial charge in [-0.25, -0.2) is 4.39 Å². The molecule has 3 aromatic rings. The second-order valence-corrected chi connectivity index (χ2v) is 5.10. The summed E-state index contributed by atoms with van der Waals surface area (Å²) >= 11 is 0. The zero-order valence-electron chi connectivity index (χ0n) is 11.6. The number of hydrogen-bond acceptors (Lipinski definition) is 2. The number of aryl methyl sites for hydroxylation is 1. The van der Waals surface area contributed by atoms with Gasteiger partial charge in [0.05, 0.1) is 5.52 Å². The van der Waals surface area contributed by atoms with E-state index in [1.165, 1.54) is 12.1 Å². The fraction of sp³-hybridized carbons (Fsp3) is 0.111. The number of nitrogens with zero attached hydrogens (tertiary/aromatic N) is 1. The standard InChI is InChI=1S/C18H14FNO/c1-12-8-14(10-15(19)9-12)18(21)11-13-6-7-20-17-5-3-2-4-16(13)17/h2-10H,11H2,1H3. The third-order valence-corrected chi connectivity index (χ3v) is 3.45. The van der Waals surface area contributed by atoms with Gasteiger partial charge in [-0.15, -0.1) is 0 Å². The lowest BCUT2D eigenvalue weighted by molar-refractivity contribution is 0.0993. The van der Waals surface area contributed by atoms with Crippen molar-refractivity contribution in [2.24, 2.45) is 0 Å². The summed E-state index contributed by atoms with van der Waals surface area (Å²) in [5, 5.41) is 0.960. The van der Waals surface area contributed by atoms with Crippen molar-refractivity contribution in [1.29, 1.82) is 0 Å². The maximum Gasteiger partial charge on any atom is 0.167 e. The van der Waals surface area contributed by atoms with E-state index in [9.17, 15) is 9.18 Å². The minimum atomic E-state index is -0.377. The van der Waals surface area contributed by atoms with Crippen molar-refractivity contribution < 1.29 is 9.18 Å². The number of carbonyl (C=O) groups is 1. The summed E-state index contributed by atoms with van der Waals surface area (Å²) in [4.78, 5) is 16.7. The summed E-state index contributed by atoms with van der Waals surface area (Å²) in [7, 11) is 0. The molecule has 0 aliphatic carbocycles. The topological polar surface area (TPSA) is 30.0 Å². The molecule has 3 rings (SSSR count). The Labute approximate surface area is 122 Å². The van der Waals surface area contributed by atoms with E-state index < -0.39 is 0 Å². The second kappa shape index (κ2) is 5.44. The fourth-order valence-corrected chi connectivity index (χ4v) is 2.48. The Hall–Kier alpha value is -2.55. The molecule has 0 saturated heterocycles. The van der Waals surface area contributed by atoms with Crippen molar-refractivity contribution in [2.75, 3.05) is 0 Å². The van der Waals surface area contributed by atoms with Gasteiger partial charge < -0.3 is 0 Å². The smallest absolute Gasteiger partial charge is 0.167 e. The van der Waals surface area contributed by atoms with Crippen molar-refractivity contribution >= 4 is 16.7 Å². The summed E-state index contributed by atoms with van der Waals surface area (Å²) < 4.78 is 13.4. The van der Waals surface area contributed by atoms with E-state index in [-0.39, 0.29) is 18.0 Å². The van der Waals surface area contributed by atoms with Gasteiger partial charge in [0, 0.05) is 23.6 Å². The Morgan fingerprint density at radius 2 is 1.95 bits per heavy atom. The summed E-state index contributed by atoms with van der Waals surface area (Å²) in [6.07, 6.45) is 1.94. The van der Waals surface area contributed by atoms with Crippen LogP contribution in [0.3, 0.4) is 0 Å². The number of halogens is 1. The molecule has 0 amide bonds. The number of Topliss-reactive ketones (excluding diaryl/α,β-unsaturated/α-hetero) is 1. The first-order chi connectivity index (χ1) is 10.1. The molecule has 1 aromatic heterocycles. The van der Waals surface area contributed by atoms with Crippen LogP contribution in [0.25, 0.3) is 10.9 Å². The van der Waals surface area contributed by atoms with Crippen LogP contribution in [-0.2, 0) is 6.42 Å². The van der Waals surface area contributed by atoms with E-state index >= 15 is 0 Å². The fourth-order valence-electron chi connectivity index (χ4n) is 2.48. The van der Waals surface area contributed by atoms with Crippen LogP contribution in [0.15, 0.2) is 54.7 Å².